The molecule has 3 aromatic carbocycles. The molecule has 0 aliphatic carbocycles. The molecule has 144 heavy (non-hydrogen) atoms. The van der Waals surface area contributed by atoms with Crippen molar-refractivity contribution in [1.82, 2.24) is 90.7 Å². The Morgan fingerprint density at radius 3 is 1.69 bits per heavy atom. The average Bonchev–Trinajstić information content (AvgIpc) is 1.21. The van der Waals surface area contributed by atoms with Crippen molar-refractivity contribution in [1.29, 1.82) is 0 Å². The predicted octanol–water partition coefficient (Wildman–Crippen LogP) is 0.980. The Balaban J connectivity index is 1.56. The number of hydrogen-bond acceptors (Lipinski definition) is 30. The summed E-state index contributed by atoms with van der Waals surface area (Å²) < 4.78 is 0. The molecule has 5 rings (SSSR count). The van der Waals surface area contributed by atoms with Crippen molar-refractivity contribution in [3.63, 3.8) is 0 Å². The lowest BCUT2D eigenvalue weighted by Gasteiger charge is -2.34. The van der Waals surface area contributed by atoms with Gasteiger partial charge >= 0.3 is 5.97 Å². The van der Waals surface area contributed by atoms with Crippen LogP contribution in [0.4, 0.5) is 0 Å². The van der Waals surface area contributed by atoms with Gasteiger partial charge in [0.05, 0.1) is 59.9 Å². The van der Waals surface area contributed by atoms with E-state index in [4.69, 9.17) is 11.5 Å². The Morgan fingerprint density at radius 1 is 0.542 bits per heavy atom. The number of carboxylic acid groups (broad SMARTS) is 1. The van der Waals surface area contributed by atoms with Gasteiger partial charge in [-0.05, 0) is 200 Å². The Kier molecular flexibility index (Phi) is 49.1. The highest BCUT2D eigenvalue weighted by Gasteiger charge is 2.45. The van der Waals surface area contributed by atoms with E-state index in [9.17, 15) is 92.0 Å². The van der Waals surface area contributed by atoms with Gasteiger partial charge in [0.15, 0.2) is 5.78 Å². The molecule has 1 aromatic heterocycles. The third-order valence-corrected chi connectivity index (χ3v) is 24.9. The number of hydrogen-bond donors (Lipinski definition) is 22. The summed E-state index contributed by atoms with van der Waals surface area (Å²) in [6, 6.07) is 0.674. The number of nitrogens with two attached hydrogens (primary N) is 2. The van der Waals surface area contributed by atoms with Crippen LogP contribution in [0.3, 0.4) is 0 Å². The molecule has 2 heterocycles. The van der Waals surface area contributed by atoms with Crippen LogP contribution in [-0.2, 0) is 120 Å². The van der Waals surface area contributed by atoms with Gasteiger partial charge in [0.25, 0.3) is 0 Å². The third kappa shape index (κ3) is 39.3. The SMILES string of the molecule is CC(=O)N[C@@H](CC(C)C)C(=O)N[C@H](C(=O)C(=O)[C@H](Cc1ccccc1)NN[C@]1(C)CCCCCC/C=C/CCC[C@@](C)(C(=O)NC(C)C(=O)N[C@@H](C)C(=O)NC(C)C(=O)N[C@@H](C)C(=O)C(=O)[C@H](C)NNC(C)(C)C(=O)C[C@H](C)C(N)=O)NC(=O)[C@H](CC(C)C)CN[C@@H](CCC(N)=O)C(=O)C(=O)C(C)NC(=O)[C@H](Cc2c[nH]c3ccccc23)NN[C@@H](Cc2ccc(O)cc2)C(=O)C(=O)[C@H](CCC(=O)O)NC1=O)[C@@H](C)O. The summed E-state index contributed by atoms with van der Waals surface area (Å²) in [6.45, 7) is 24.0. The highest BCUT2D eigenvalue weighted by atomic mass is 16.4. The first-order valence-electron chi connectivity index (χ1n) is 48.9. The number of carbonyl (C=O) groups is 21. The fourth-order valence-electron chi connectivity index (χ4n) is 15.8. The van der Waals surface area contributed by atoms with Gasteiger partial charge in [-0.25, -0.2) is 32.6 Å². The fraction of sp³-hybridized carbons (Fsp3) is 0.574. The topological polar surface area (TPSA) is 679 Å². The first-order valence-corrected chi connectivity index (χ1v) is 48.9. The van der Waals surface area contributed by atoms with Crippen molar-refractivity contribution in [3.8, 4) is 5.75 Å². The molecule has 18 atom stereocenters. The van der Waals surface area contributed by atoms with E-state index in [0.29, 0.717) is 59.7 Å². The van der Waals surface area contributed by atoms with Crippen LogP contribution in [0.15, 0.2) is 97.2 Å². The number of primary amides is 2. The summed E-state index contributed by atoms with van der Waals surface area (Å²) in [5.74, 6) is -23.3. The molecule has 24 N–H and O–H groups in total. The Morgan fingerprint density at radius 2 is 1.10 bits per heavy atom. The predicted molar refractivity (Wildman–Crippen MR) is 532 cm³/mol. The highest BCUT2D eigenvalue weighted by molar-refractivity contribution is 6.43. The van der Waals surface area contributed by atoms with Crippen molar-refractivity contribution in [2.45, 2.75) is 341 Å². The number of amides is 11. The number of aliphatic hydroxyl groups excluding tert-OH is 1. The number of nitrogens with one attached hydrogen (secondary N) is 17. The van der Waals surface area contributed by atoms with E-state index in [2.05, 4.69) is 90.7 Å². The van der Waals surface area contributed by atoms with E-state index >= 15 is 24.0 Å². The van der Waals surface area contributed by atoms with Gasteiger partial charge in [-0.2, -0.15) is 0 Å². The third-order valence-electron chi connectivity index (χ3n) is 24.9. The molecule has 792 valence electrons. The molecule has 0 saturated heterocycles. The zero-order chi connectivity index (χ0) is 108. The minimum atomic E-state index is -1.98. The number of ketones is 9. The molecule has 0 fully saturated rings. The van der Waals surface area contributed by atoms with Crippen molar-refractivity contribution < 1.29 is 116 Å². The zero-order valence-corrected chi connectivity index (χ0v) is 85.3. The maximum absolute atomic E-state index is 15.6. The van der Waals surface area contributed by atoms with E-state index in [0.717, 1.165) is 0 Å². The van der Waals surface area contributed by atoms with Crippen molar-refractivity contribution >= 4 is 134 Å². The van der Waals surface area contributed by atoms with Crippen LogP contribution in [0.25, 0.3) is 10.9 Å². The number of hydrazine groups is 3. The normalized spacial score (nSPS) is 21.9. The van der Waals surface area contributed by atoms with Gasteiger partial charge in [-0.1, -0.05) is 127 Å². The van der Waals surface area contributed by atoms with Crippen LogP contribution in [0, 0.1) is 23.7 Å². The molecular formula is C101H149N19O24. The molecule has 0 saturated carbocycles. The largest absolute Gasteiger partial charge is 0.508 e. The van der Waals surface area contributed by atoms with E-state index in [-0.39, 0.29) is 81.9 Å². The van der Waals surface area contributed by atoms with Crippen molar-refractivity contribution in [2.75, 3.05) is 6.54 Å². The average molecular weight is 2010 g/mol. The molecule has 1 aliphatic rings. The van der Waals surface area contributed by atoms with Gasteiger partial charge in [0.2, 0.25) is 111 Å². The summed E-state index contributed by atoms with van der Waals surface area (Å²) in [5.41, 5.74) is 24.5. The summed E-state index contributed by atoms with van der Waals surface area (Å²) in [7, 11) is 0. The highest BCUT2D eigenvalue weighted by Crippen LogP contribution is 2.26. The number of rotatable bonds is 44. The Labute approximate surface area is 838 Å². The maximum atomic E-state index is 15.6. The number of phenolic OH excluding ortho intramolecular Hbond substituents is 1. The number of aliphatic carboxylic acids is 1. The summed E-state index contributed by atoms with van der Waals surface area (Å²) in [4.78, 5) is 297. The Hall–Kier alpha value is -12.9. The van der Waals surface area contributed by atoms with Gasteiger partial charge in [-0.3, -0.25) is 101 Å². The number of para-hydroxylation sites is 1. The molecule has 43 heteroatoms. The van der Waals surface area contributed by atoms with Crippen LogP contribution in [0.5, 0.6) is 5.75 Å². The van der Waals surface area contributed by atoms with Crippen LogP contribution in [-0.4, -0.2) is 251 Å². The number of fused-ring (bicyclic) bond motifs is 1. The van der Waals surface area contributed by atoms with Gasteiger partial charge < -0.3 is 84.9 Å². The quantitative estimate of drug-likeness (QED) is 0.0167. The van der Waals surface area contributed by atoms with Crippen LogP contribution in [0.2, 0.25) is 0 Å². The van der Waals surface area contributed by atoms with E-state index < -0.39 is 268 Å². The summed E-state index contributed by atoms with van der Waals surface area (Å²) >= 11 is 0. The van der Waals surface area contributed by atoms with E-state index in [1.165, 1.54) is 114 Å². The number of aromatic hydroxyl groups is 1. The smallest absolute Gasteiger partial charge is 0.303 e. The minimum Gasteiger partial charge on any atom is -0.508 e. The number of aromatic nitrogens is 1. The van der Waals surface area contributed by atoms with Crippen LogP contribution < -0.4 is 97.2 Å². The first kappa shape index (κ1) is 122. The van der Waals surface area contributed by atoms with E-state index in [1.807, 2.05) is 12.2 Å². The number of aromatic amines is 1. The standard InChI is InChI=1S/C101H149N19O24/c1-54(2)46-68-53-105-72(40-42-79(102)125)85(131)83(129)58(7)107-96(142)77(51-67-52-104-71-35-29-28-34-70(67)71)117-116-74(50-66-36-38-69(123)39-37-66)87(133)86(132)73(41-43-80(126)127)112-98(144)101(17,120-118-75(49-65-32-26-25-27-33-65)88(134)89(135)81(63(12)121)113-95(141)76(47-55(3)4)111-64(13)122)45-31-24-22-20-18-19-21-23-30-44-100(16,114-94(68)140)97(143)110-62(11)93(139)109-61(10)92(138)108-60(9)91(137)106-57(6)82(128)84(130)59(8)115-119-99(14,15)78(124)48-56(5)90(103)136/h19,21,25-29,32-39,52,54-63,68,72-77,81,104-105,115-121,123H,18,20,22-24,30-31,40-51,53H2,1-17H3,(H2,102,125)(H2,103,136)(H,106,137)(H,107,142)(H,108,138)(H,109,139)(H,110,143)(H,111,122)(H,112,144)(H,113,141)(H,114,140)(H,126,127)/b21-19+/t56-,57-,58?,59-,60?,61-,62?,63+,68+,72-,73-,74-,75-,76-,77-,81-,100-,101+/m0/s1. The lowest BCUT2D eigenvalue weighted by molar-refractivity contribution is -0.143. The zero-order valence-electron chi connectivity index (χ0n) is 85.3. The van der Waals surface area contributed by atoms with Crippen molar-refractivity contribution in [2.24, 2.45) is 35.1 Å². The van der Waals surface area contributed by atoms with Crippen LogP contribution in [0.1, 0.15) is 237 Å². The molecule has 1 aliphatic heterocycles. The molecule has 43 nitrogen and oxygen atoms in total. The molecule has 4 aromatic rings. The molecule has 11 amide bonds. The van der Waals surface area contributed by atoms with Gasteiger partial charge in [0, 0.05) is 62.2 Å². The second kappa shape index (κ2) is 58.1. The number of phenols is 1. The molecule has 0 radical (unpaired) electrons. The number of allylic oxidation sites excluding steroid dienone is 2. The number of carboxylic acids is 1. The second-order valence-electron chi connectivity index (χ2n) is 39.2. The lowest BCUT2D eigenvalue weighted by atomic mass is 9.89. The summed E-state index contributed by atoms with van der Waals surface area (Å²) in [6.07, 6.45) is 2.63. The van der Waals surface area contributed by atoms with E-state index in [1.54, 1.807) is 88.5 Å². The number of Topliss-reactive ketones (excluding diaryl/α,β-unsaturated/α-hetero) is 9. The molecule has 0 bridgehead atoms. The number of aliphatic hydroxyl groups is 1. The second-order valence-corrected chi connectivity index (χ2v) is 39.2. The maximum Gasteiger partial charge on any atom is 0.303 e. The van der Waals surface area contributed by atoms with Crippen molar-refractivity contribution in [3.05, 3.63) is 114 Å². The van der Waals surface area contributed by atoms with Crippen LogP contribution >= 0.6 is 0 Å². The van der Waals surface area contributed by atoms with Gasteiger partial charge in [0.1, 0.15) is 53.1 Å². The van der Waals surface area contributed by atoms with Gasteiger partial charge in [-0.15, -0.1) is 0 Å². The molecule has 3 unspecified atom stereocenters. The number of benzene rings is 3. The summed E-state index contributed by atoms with van der Waals surface area (Å²) in [5, 5.41) is 58.4. The molecular weight excluding hydrogens is 1860 g/mol. The monoisotopic (exact) mass is 2010 g/mol. The number of carbonyl (C=O) groups excluding carboxylic acids is 20. The fourth-order valence-corrected chi connectivity index (χ4v) is 15.8. The Bertz CT molecular complexity index is 5220. The molecule has 0 spiro atoms. The first-order chi connectivity index (χ1) is 67.5. The lowest BCUT2D eigenvalue weighted by Crippen LogP contribution is -2.66. The minimum absolute atomic E-state index is 0.0810. The number of H-pyrrole nitrogens is 1.